The summed E-state index contributed by atoms with van der Waals surface area (Å²) in [6.45, 7) is 2.14. The van der Waals surface area contributed by atoms with Crippen molar-refractivity contribution in [2.45, 2.75) is 45.1 Å². The molecule has 1 unspecified atom stereocenters. The van der Waals surface area contributed by atoms with Crippen molar-refractivity contribution in [1.29, 1.82) is 0 Å². The summed E-state index contributed by atoms with van der Waals surface area (Å²) in [5, 5.41) is 5.16. The van der Waals surface area contributed by atoms with Gasteiger partial charge in [-0.05, 0) is 30.7 Å². The first kappa shape index (κ1) is 14.5. The lowest BCUT2D eigenvalue weighted by molar-refractivity contribution is -0.122. The van der Waals surface area contributed by atoms with Crippen molar-refractivity contribution < 1.29 is 4.79 Å². The summed E-state index contributed by atoms with van der Waals surface area (Å²) in [7, 11) is 0. The van der Waals surface area contributed by atoms with E-state index in [4.69, 9.17) is 11.6 Å². The van der Waals surface area contributed by atoms with Crippen molar-refractivity contribution in [2.75, 3.05) is 5.88 Å². The van der Waals surface area contributed by atoms with Gasteiger partial charge in [0.1, 0.15) is 0 Å². The van der Waals surface area contributed by atoms with Gasteiger partial charge in [-0.25, -0.2) is 0 Å². The molecule has 0 aliphatic rings. The van der Waals surface area contributed by atoms with Gasteiger partial charge in [-0.3, -0.25) is 4.79 Å². The molecule has 2 nitrogen and oxygen atoms in total. The molecule has 0 aromatic carbocycles. The summed E-state index contributed by atoms with van der Waals surface area (Å²) in [5.41, 5.74) is 0. The molecule has 0 spiro atoms. The van der Waals surface area contributed by atoms with Crippen LogP contribution in [0.25, 0.3) is 0 Å². The summed E-state index contributed by atoms with van der Waals surface area (Å²) in [5.74, 6) is 0.776. The van der Waals surface area contributed by atoms with E-state index in [1.165, 1.54) is 4.88 Å². The second kappa shape index (κ2) is 8.54. The first-order valence-electron chi connectivity index (χ1n) is 6.16. The Labute approximate surface area is 112 Å². The van der Waals surface area contributed by atoms with E-state index >= 15 is 0 Å². The van der Waals surface area contributed by atoms with Crippen LogP contribution in [0.4, 0.5) is 0 Å². The first-order chi connectivity index (χ1) is 8.27. The van der Waals surface area contributed by atoms with Gasteiger partial charge in [0.25, 0.3) is 0 Å². The Balaban J connectivity index is 2.41. The van der Waals surface area contributed by atoms with Crippen LogP contribution in [0.2, 0.25) is 0 Å². The zero-order chi connectivity index (χ0) is 12.5. The van der Waals surface area contributed by atoms with Gasteiger partial charge >= 0.3 is 0 Å². The van der Waals surface area contributed by atoms with E-state index in [0.717, 1.165) is 25.7 Å². The molecule has 0 saturated carbocycles. The molecule has 1 amide bonds. The fourth-order valence-electron chi connectivity index (χ4n) is 1.71. The lowest BCUT2D eigenvalue weighted by Crippen LogP contribution is -2.27. The molecule has 1 rings (SSSR count). The van der Waals surface area contributed by atoms with Gasteiger partial charge in [-0.1, -0.05) is 19.4 Å². The normalized spacial score (nSPS) is 12.4. The smallest absolute Gasteiger partial charge is 0.220 e. The number of hydrogen-bond donors (Lipinski definition) is 1. The highest BCUT2D eigenvalue weighted by molar-refractivity contribution is 7.10. The van der Waals surface area contributed by atoms with Crippen LogP contribution in [-0.2, 0) is 4.79 Å². The van der Waals surface area contributed by atoms with E-state index in [9.17, 15) is 4.79 Å². The third kappa shape index (κ3) is 5.55. The van der Waals surface area contributed by atoms with E-state index in [1.807, 2.05) is 6.07 Å². The van der Waals surface area contributed by atoms with Crippen LogP contribution in [0.3, 0.4) is 0 Å². The predicted molar refractivity (Wildman–Crippen MR) is 74.7 cm³/mol. The first-order valence-corrected chi connectivity index (χ1v) is 7.58. The van der Waals surface area contributed by atoms with Crippen LogP contribution in [0, 0.1) is 0 Å². The molecule has 0 aliphatic carbocycles. The molecule has 0 saturated heterocycles. The van der Waals surface area contributed by atoms with E-state index < -0.39 is 0 Å². The van der Waals surface area contributed by atoms with E-state index in [2.05, 4.69) is 23.7 Å². The molecule has 96 valence electrons. The second-order valence-electron chi connectivity index (χ2n) is 4.07. The summed E-state index contributed by atoms with van der Waals surface area (Å²) >= 11 is 7.30. The number of alkyl halides is 1. The molecule has 0 bridgehead atoms. The average molecular weight is 274 g/mol. The number of rotatable bonds is 8. The molecule has 1 aromatic heterocycles. The Morgan fingerprint density at radius 1 is 1.53 bits per heavy atom. The van der Waals surface area contributed by atoms with E-state index in [1.54, 1.807) is 11.3 Å². The van der Waals surface area contributed by atoms with Crippen LogP contribution in [-0.4, -0.2) is 11.8 Å². The maximum atomic E-state index is 11.7. The number of unbranched alkanes of at least 4 members (excludes halogenated alkanes) is 1. The molecule has 4 heteroatoms. The summed E-state index contributed by atoms with van der Waals surface area (Å²) < 4.78 is 0. The van der Waals surface area contributed by atoms with Gasteiger partial charge < -0.3 is 5.32 Å². The Morgan fingerprint density at radius 3 is 2.94 bits per heavy atom. The van der Waals surface area contributed by atoms with Crippen molar-refractivity contribution >= 4 is 28.8 Å². The number of halogens is 1. The van der Waals surface area contributed by atoms with Crippen molar-refractivity contribution in [3.8, 4) is 0 Å². The fraction of sp³-hybridized carbons (Fsp3) is 0.615. The molecule has 17 heavy (non-hydrogen) atoms. The SMILES string of the molecule is CCCC(NC(=O)CCCCCl)c1cccs1. The highest BCUT2D eigenvalue weighted by Crippen LogP contribution is 2.23. The predicted octanol–water partition coefficient (Wildman–Crippen LogP) is 4.11. The number of hydrogen-bond acceptors (Lipinski definition) is 2. The number of amides is 1. The lowest BCUT2D eigenvalue weighted by atomic mass is 10.1. The van der Waals surface area contributed by atoms with Gasteiger partial charge in [-0.15, -0.1) is 22.9 Å². The molecule has 0 fully saturated rings. The summed E-state index contributed by atoms with van der Waals surface area (Å²) in [6, 6.07) is 4.30. The van der Waals surface area contributed by atoms with Gasteiger partial charge in [0, 0.05) is 17.2 Å². The molecular formula is C13H20ClNOS. The standard InChI is InChI=1S/C13H20ClNOS/c1-2-6-11(12-7-5-10-17-12)15-13(16)8-3-4-9-14/h5,7,10-11H,2-4,6,8-9H2,1H3,(H,15,16). The van der Waals surface area contributed by atoms with Crippen LogP contribution in [0.15, 0.2) is 17.5 Å². The molecule has 0 aliphatic heterocycles. The quantitative estimate of drug-likeness (QED) is 0.560. The molecule has 0 radical (unpaired) electrons. The van der Waals surface area contributed by atoms with Gasteiger partial charge in [0.2, 0.25) is 5.91 Å². The highest BCUT2D eigenvalue weighted by Gasteiger charge is 2.14. The Hall–Kier alpha value is -0.540. The molecule has 1 atom stereocenters. The summed E-state index contributed by atoms with van der Waals surface area (Å²) in [4.78, 5) is 13.0. The maximum absolute atomic E-state index is 11.7. The van der Waals surface area contributed by atoms with Gasteiger partial charge in [0.15, 0.2) is 0 Å². The Kier molecular flexibility index (Phi) is 7.29. The largest absolute Gasteiger partial charge is 0.348 e. The fourth-order valence-corrected chi connectivity index (χ4v) is 2.71. The number of thiophene rings is 1. The molecule has 1 N–H and O–H groups in total. The summed E-state index contributed by atoms with van der Waals surface area (Å²) in [6.07, 6.45) is 4.44. The maximum Gasteiger partial charge on any atom is 0.220 e. The number of carbonyl (C=O) groups excluding carboxylic acids is 1. The van der Waals surface area contributed by atoms with Crippen molar-refractivity contribution in [1.82, 2.24) is 5.32 Å². The number of carbonyl (C=O) groups is 1. The minimum absolute atomic E-state index is 0.141. The van der Waals surface area contributed by atoms with Crippen molar-refractivity contribution in [2.24, 2.45) is 0 Å². The Morgan fingerprint density at radius 2 is 2.35 bits per heavy atom. The van der Waals surface area contributed by atoms with E-state index in [0.29, 0.717) is 12.3 Å². The van der Waals surface area contributed by atoms with Gasteiger partial charge in [-0.2, -0.15) is 0 Å². The molecular weight excluding hydrogens is 254 g/mol. The van der Waals surface area contributed by atoms with Gasteiger partial charge in [0.05, 0.1) is 6.04 Å². The Bertz CT molecular complexity index is 313. The topological polar surface area (TPSA) is 29.1 Å². The zero-order valence-electron chi connectivity index (χ0n) is 10.2. The average Bonchev–Trinajstić information content (AvgIpc) is 2.82. The van der Waals surface area contributed by atoms with Crippen LogP contribution < -0.4 is 5.32 Å². The second-order valence-corrected chi connectivity index (χ2v) is 5.43. The number of nitrogens with one attached hydrogen (secondary N) is 1. The monoisotopic (exact) mass is 273 g/mol. The van der Waals surface area contributed by atoms with E-state index in [-0.39, 0.29) is 11.9 Å². The molecule has 1 aromatic rings. The van der Waals surface area contributed by atoms with Crippen molar-refractivity contribution in [3.63, 3.8) is 0 Å². The molecule has 1 heterocycles. The lowest BCUT2D eigenvalue weighted by Gasteiger charge is -2.16. The minimum atomic E-state index is 0.141. The highest BCUT2D eigenvalue weighted by atomic mass is 35.5. The minimum Gasteiger partial charge on any atom is -0.348 e. The zero-order valence-corrected chi connectivity index (χ0v) is 11.8. The third-order valence-electron chi connectivity index (χ3n) is 2.59. The van der Waals surface area contributed by atoms with Crippen LogP contribution in [0.5, 0.6) is 0 Å². The van der Waals surface area contributed by atoms with Crippen LogP contribution >= 0.6 is 22.9 Å². The van der Waals surface area contributed by atoms with Crippen LogP contribution in [0.1, 0.15) is 49.9 Å². The van der Waals surface area contributed by atoms with Crippen molar-refractivity contribution in [3.05, 3.63) is 22.4 Å². The third-order valence-corrected chi connectivity index (χ3v) is 3.84.